The largest absolute Gasteiger partial charge is 0.493 e. The Morgan fingerprint density at radius 1 is 1.06 bits per heavy atom. The van der Waals surface area contributed by atoms with E-state index in [4.69, 9.17) is 9.47 Å². The van der Waals surface area contributed by atoms with Gasteiger partial charge < -0.3 is 19.5 Å². The molecular weight excluding hydrogens is 402 g/mol. The first-order valence-electron chi connectivity index (χ1n) is 11.8. The molecule has 6 heteroatoms. The molecule has 1 aliphatic rings. The van der Waals surface area contributed by atoms with Gasteiger partial charge in [0.2, 0.25) is 0 Å². The molecule has 0 amide bonds. The first-order valence-corrected chi connectivity index (χ1v) is 11.8. The Morgan fingerprint density at radius 3 is 2.53 bits per heavy atom. The van der Waals surface area contributed by atoms with Crippen LogP contribution >= 0.6 is 0 Å². The van der Waals surface area contributed by atoms with Crippen LogP contribution in [0.2, 0.25) is 0 Å². The van der Waals surface area contributed by atoms with Crippen LogP contribution in [0.5, 0.6) is 11.5 Å². The molecule has 0 spiro atoms. The number of benzene rings is 1. The van der Waals surface area contributed by atoms with E-state index in [0.717, 1.165) is 37.4 Å². The summed E-state index contributed by atoms with van der Waals surface area (Å²) in [5.41, 5.74) is 3.43. The van der Waals surface area contributed by atoms with Gasteiger partial charge >= 0.3 is 0 Å². The van der Waals surface area contributed by atoms with Crippen molar-refractivity contribution < 1.29 is 14.6 Å². The summed E-state index contributed by atoms with van der Waals surface area (Å²) in [5.74, 6) is 1.37. The summed E-state index contributed by atoms with van der Waals surface area (Å²) in [6.07, 6.45) is 7.69. The maximum absolute atomic E-state index is 10.6. The third kappa shape index (κ3) is 7.76. The lowest BCUT2D eigenvalue weighted by Gasteiger charge is -2.27. The molecule has 0 aliphatic carbocycles. The lowest BCUT2D eigenvalue weighted by Crippen LogP contribution is -2.37. The van der Waals surface area contributed by atoms with Gasteiger partial charge in [0.1, 0.15) is 12.7 Å². The average molecular weight is 442 g/mol. The van der Waals surface area contributed by atoms with Crippen molar-refractivity contribution in [3.05, 3.63) is 53.3 Å². The van der Waals surface area contributed by atoms with Gasteiger partial charge in [-0.05, 0) is 69.2 Å². The molecule has 1 fully saturated rings. The van der Waals surface area contributed by atoms with Gasteiger partial charge in [-0.1, -0.05) is 31.4 Å². The van der Waals surface area contributed by atoms with Crippen LogP contribution in [0.15, 0.2) is 36.5 Å². The summed E-state index contributed by atoms with van der Waals surface area (Å²) >= 11 is 0. The minimum absolute atomic E-state index is 0.263. The second kappa shape index (κ2) is 12.8. The van der Waals surface area contributed by atoms with E-state index >= 15 is 0 Å². The minimum atomic E-state index is -0.516. The third-order valence-electron chi connectivity index (χ3n) is 6.07. The zero-order valence-corrected chi connectivity index (χ0v) is 19.9. The summed E-state index contributed by atoms with van der Waals surface area (Å²) in [5, 5.41) is 10.6. The number of pyridine rings is 1. The molecule has 2 heterocycles. The van der Waals surface area contributed by atoms with Gasteiger partial charge in [0.15, 0.2) is 11.5 Å². The summed E-state index contributed by atoms with van der Waals surface area (Å²) in [6.45, 7) is 6.70. The minimum Gasteiger partial charge on any atom is -0.493 e. The van der Waals surface area contributed by atoms with E-state index in [-0.39, 0.29) is 6.61 Å². The molecule has 1 N–H and O–H groups in total. The summed E-state index contributed by atoms with van der Waals surface area (Å²) < 4.78 is 11.5. The molecule has 1 aliphatic heterocycles. The molecule has 0 radical (unpaired) electrons. The Morgan fingerprint density at radius 2 is 1.81 bits per heavy atom. The fourth-order valence-corrected chi connectivity index (χ4v) is 4.27. The van der Waals surface area contributed by atoms with E-state index in [9.17, 15) is 5.11 Å². The van der Waals surface area contributed by atoms with Crippen molar-refractivity contribution >= 4 is 0 Å². The maximum Gasteiger partial charge on any atom is 0.161 e. The van der Waals surface area contributed by atoms with Crippen molar-refractivity contribution in [1.82, 2.24) is 14.8 Å². The predicted molar refractivity (Wildman–Crippen MR) is 128 cm³/mol. The Labute approximate surface area is 193 Å². The molecule has 1 saturated heterocycles. The lowest BCUT2D eigenvalue weighted by atomic mass is 10.1. The lowest BCUT2D eigenvalue weighted by molar-refractivity contribution is 0.0644. The van der Waals surface area contributed by atoms with Gasteiger partial charge in [-0.2, -0.15) is 0 Å². The molecule has 1 unspecified atom stereocenters. The van der Waals surface area contributed by atoms with Crippen molar-refractivity contribution in [3.8, 4) is 11.5 Å². The van der Waals surface area contributed by atoms with Gasteiger partial charge in [-0.3, -0.25) is 9.88 Å². The Balaban J connectivity index is 1.55. The first kappa shape index (κ1) is 24.5. The van der Waals surface area contributed by atoms with Crippen molar-refractivity contribution in [2.24, 2.45) is 0 Å². The third-order valence-corrected chi connectivity index (χ3v) is 6.07. The molecule has 1 aromatic heterocycles. The number of β-amino-alcohol motifs (C(OH)–C–C–N with tert-alkyl or cyclic N) is 1. The van der Waals surface area contributed by atoms with Gasteiger partial charge in [0, 0.05) is 25.8 Å². The molecule has 3 rings (SSSR count). The number of hydrogen-bond acceptors (Lipinski definition) is 6. The van der Waals surface area contributed by atoms with E-state index in [2.05, 4.69) is 40.9 Å². The zero-order valence-electron chi connectivity index (χ0n) is 19.9. The molecule has 0 bridgehead atoms. The van der Waals surface area contributed by atoms with Crippen molar-refractivity contribution in [2.45, 2.75) is 58.2 Å². The number of rotatable bonds is 10. The Hall–Kier alpha value is -2.15. The zero-order chi connectivity index (χ0) is 22.8. The smallest absolute Gasteiger partial charge is 0.161 e. The average Bonchev–Trinajstić information content (AvgIpc) is 2.76. The van der Waals surface area contributed by atoms with Gasteiger partial charge in [0.25, 0.3) is 0 Å². The van der Waals surface area contributed by atoms with Crippen molar-refractivity contribution in [1.29, 1.82) is 0 Å². The molecule has 0 saturated carbocycles. The summed E-state index contributed by atoms with van der Waals surface area (Å²) in [4.78, 5) is 9.10. The standard InChI is InChI=1S/C26H39N3O3/c1-21-10-9-13-27-24(21)19-28(2)17-22-11-12-25(31-3)26(16-22)32-20-23(30)18-29-14-7-5-4-6-8-15-29/h9-13,16,23,30H,4-8,14-15,17-20H2,1-3H3. The number of methoxy groups -OCH3 is 1. The molecule has 6 nitrogen and oxygen atoms in total. The van der Waals surface area contributed by atoms with Crippen LogP contribution < -0.4 is 9.47 Å². The van der Waals surface area contributed by atoms with Crippen LogP contribution in [0.4, 0.5) is 0 Å². The van der Waals surface area contributed by atoms with E-state index in [0.29, 0.717) is 18.0 Å². The predicted octanol–water partition coefficient (Wildman–Crippen LogP) is 4.04. The fourth-order valence-electron chi connectivity index (χ4n) is 4.27. The molecular formula is C26H39N3O3. The topological polar surface area (TPSA) is 58.1 Å². The number of likely N-dealkylation sites (tertiary alicyclic amines) is 1. The SMILES string of the molecule is COc1ccc(CN(C)Cc2ncccc2C)cc1OCC(O)CN1CCCCCCC1. The molecule has 1 atom stereocenters. The van der Waals surface area contributed by atoms with Crippen LogP contribution in [0, 0.1) is 6.92 Å². The summed E-state index contributed by atoms with van der Waals surface area (Å²) in [6, 6.07) is 10.1. The normalized spacial score (nSPS) is 16.4. The summed E-state index contributed by atoms with van der Waals surface area (Å²) in [7, 11) is 3.74. The van der Waals surface area contributed by atoms with E-state index in [1.165, 1.54) is 37.7 Å². The highest BCUT2D eigenvalue weighted by Gasteiger charge is 2.15. The second-order valence-corrected chi connectivity index (χ2v) is 8.96. The van der Waals surface area contributed by atoms with E-state index in [1.54, 1.807) is 7.11 Å². The van der Waals surface area contributed by atoms with Crippen LogP contribution in [0.3, 0.4) is 0 Å². The molecule has 32 heavy (non-hydrogen) atoms. The first-order chi connectivity index (χ1) is 15.5. The Kier molecular flexibility index (Phi) is 9.78. The number of hydrogen-bond donors (Lipinski definition) is 1. The monoisotopic (exact) mass is 441 g/mol. The molecule has 176 valence electrons. The van der Waals surface area contributed by atoms with Crippen LogP contribution in [0.25, 0.3) is 0 Å². The number of aliphatic hydroxyl groups excluding tert-OH is 1. The van der Waals surface area contributed by atoms with Crippen molar-refractivity contribution in [3.63, 3.8) is 0 Å². The fraction of sp³-hybridized carbons (Fsp3) is 0.577. The van der Waals surface area contributed by atoms with E-state index < -0.39 is 6.10 Å². The highest BCUT2D eigenvalue weighted by Crippen LogP contribution is 2.29. The van der Waals surface area contributed by atoms with Crippen LogP contribution in [-0.4, -0.2) is 66.4 Å². The number of aliphatic hydroxyl groups is 1. The number of aryl methyl sites for hydroxylation is 1. The van der Waals surface area contributed by atoms with Gasteiger partial charge in [0.05, 0.1) is 12.8 Å². The van der Waals surface area contributed by atoms with Crippen LogP contribution in [-0.2, 0) is 13.1 Å². The number of nitrogens with zero attached hydrogens (tertiary/aromatic N) is 3. The second-order valence-electron chi connectivity index (χ2n) is 8.96. The highest BCUT2D eigenvalue weighted by atomic mass is 16.5. The maximum atomic E-state index is 10.6. The van der Waals surface area contributed by atoms with Gasteiger partial charge in [-0.25, -0.2) is 0 Å². The van der Waals surface area contributed by atoms with Crippen LogP contribution in [0.1, 0.15) is 48.9 Å². The van der Waals surface area contributed by atoms with E-state index in [1.807, 2.05) is 24.4 Å². The quantitative estimate of drug-likeness (QED) is 0.601. The molecule has 2 aromatic rings. The number of ether oxygens (including phenoxy) is 2. The van der Waals surface area contributed by atoms with Crippen molar-refractivity contribution in [2.75, 3.05) is 40.4 Å². The van der Waals surface area contributed by atoms with Gasteiger partial charge in [-0.15, -0.1) is 0 Å². The Bertz CT molecular complexity index is 822. The molecule has 1 aromatic carbocycles. The number of aromatic nitrogens is 1. The highest BCUT2D eigenvalue weighted by molar-refractivity contribution is 5.43.